The summed E-state index contributed by atoms with van der Waals surface area (Å²) in [5.74, 6) is 0.621. The van der Waals surface area contributed by atoms with E-state index in [1.807, 2.05) is 18.2 Å². The number of carbonyl (C=O) groups is 1. The molecule has 0 fully saturated rings. The summed E-state index contributed by atoms with van der Waals surface area (Å²) < 4.78 is 0. The molecule has 76 valence electrons. The van der Waals surface area contributed by atoms with Crippen LogP contribution >= 0.6 is 11.6 Å². The molecule has 0 saturated heterocycles. The zero-order valence-corrected chi connectivity index (χ0v) is 8.66. The number of H-pyrrole nitrogens is 1. The SMILES string of the molecule is O=C(Cc1nc(Cl)c[nH]1)c1ccccc1. The molecule has 0 bridgehead atoms. The lowest BCUT2D eigenvalue weighted by Gasteiger charge is -1.97. The maximum absolute atomic E-state index is 11.7. The van der Waals surface area contributed by atoms with Gasteiger partial charge < -0.3 is 4.98 Å². The fraction of sp³-hybridized carbons (Fsp3) is 0.0909. The Morgan fingerprint density at radius 1 is 1.33 bits per heavy atom. The van der Waals surface area contributed by atoms with Crippen LogP contribution < -0.4 is 0 Å². The average Bonchev–Trinajstić information content (AvgIpc) is 2.65. The molecule has 0 unspecified atom stereocenters. The third kappa shape index (κ3) is 2.44. The van der Waals surface area contributed by atoms with Crippen molar-refractivity contribution in [2.75, 3.05) is 0 Å². The molecule has 3 nitrogen and oxygen atoms in total. The van der Waals surface area contributed by atoms with Crippen molar-refractivity contribution in [3.63, 3.8) is 0 Å². The number of benzene rings is 1. The molecule has 0 aliphatic heterocycles. The van der Waals surface area contributed by atoms with Crippen LogP contribution in [0, 0.1) is 0 Å². The van der Waals surface area contributed by atoms with Crippen molar-refractivity contribution >= 4 is 17.4 Å². The van der Waals surface area contributed by atoms with Crippen LogP contribution in [0.2, 0.25) is 5.15 Å². The number of ketones is 1. The normalized spacial score (nSPS) is 10.2. The summed E-state index contributed by atoms with van der Waals surface area (Å²) in [6.45, 7) is 0. The molecule has 0 saturated carbocycles. The molecule has 0 aliphatic rings. The molecule has 4 heteroatoms. The smallest absolute Gasteiger partial charge is 0.170 e. The van der Waals surface area contributed by atoms with E-state index in [2.05, 4.69) is 9.97 Å². The van der Waals surface area contributed by atoms with Crippen molar-refractivity contribution in [2.24, 2.45) is 0 Å². The first-order valence-electron chi connectivity index (χ1n) is 4.54. The molecule has 0 radical (unpaired) electrons. The van der Waals surface area contributed by atoms with Gasteiger partial charge >= 0.3 is 0 Å². The Morgan fingerprint density at radius 3 is 2.67 bits per heavy atom. The van der Waals surface area contributed by atoms with E-state index >= 15 is 0 Å². The van der Waals surface area contributed by atoms with Crippen LogP contribution in [0.1, 0.15) is 16.2 Å². The number of halogens is 1. The summed E-state index contributed by atoms with van der Waals surface area (Å²) in [6, 6.07) is 9.12. The second-order valence-corrected chi connectivity index (χ2v) is 3.52. The van der Waals surface area contributed by atoms with Gasteiger partial charge in [-0.25, -0.2) is 4.98 Å². The number of carbonyl (C=O) groups excluding carboxylic acids is 1. The van der Waals surface area contributed by atoms with Gasteiger partial charge in [-0.05, 0) is 0 Å². The zero-order chi connectivity index (χ0) is 10.7. The Bertz CT molecular complexity index is 464. The standard InChI is InChI=1S/C11H9ClN2O/c12-10-7-13-11(14-10)6-9(15)8-4-2-1-3-5-8/h1-5,7H,6H2,(H,13,14). The van der Waals surface area contributed by atoms with E-state index in [1.165, 1.54) is 0 Å². The fourth-order valence-corrected chi connectivity index (χ4v) is 1.46. The van der Waals surface area contributed by atoms with E-state index in [4.69, 9.17) is 11.6 Å². The highest BCUT2D eigenvalue weighted by Gasteiger charge is 2.08. The lowest BCUT2D eigenvalue weighted by Crippen LogP contribution is -2.04. The molecule has 1 heterocycles. The second kappa shape index (κ2) is 4.28. The van der Waals surface area contributed by atoms with Gasteiger partial charge in [0.25, 0.3) is 0 Å². The molecule has 1 aromatic carbocycles. The number of nitrogens with one attached hydrogen (secondary N) is 1. The van der Waals surface area contributed by atoms with E-state index in [1.54, 1.807) is 18.3 Å². The molecule has 0 amide bonds. The maximum Gasteiger partial charge on any atom is 0.170 e. The van der Waals surface area contributed by atoms with Gasteiger partial charge in [-0.1, -0.05) is 41.9 Å². The highest BCUT2D eigenvalue weighted by atomic mass is 35.5. The molecular formula is C11H9ClN2O. The van der Waals surface area contributed by atoms with Crippen molar-refractivity contribution in [1.29, 1.82) is 0 Å². The summed E-state index contributed by atoms with van der Waals surface area (Å²) in [4.78, 5) is 18.5. The number of aromatic nitrogens is 2. The number of nitrogens with zero attached hydrogens (tertiary/aromatic N) is 1. The molecule has 1 aromatic heterocycles. The number of rotatable bonds is 3. The van der Waals surface area contributed by atoms with Crippen molar-refractivity contribution in [3.05, 3.63) is 53.1 Å². The molecule has 0 atom stereocenters. The number of imidazole rings is 1. The van der Waals surface area contributed by atoms with Crippen LogP contribution in [0.25, 0.3) is 0 Å². The first-order valence-corrected chi connectivity index (χ1v) is 4.91. The predicted octanol–water partition coefficient (Wildman–Crippen LogP) is 2.49. The fourth-order valence-electron chi connectivity index (χ4n) is 1.31. The molecule has 1 N–H and O–H groups in total. The third-order valence-corrected chi connectivity index (χ3v) is 2.22. The van der Waals surface area contributed by atoms with Crippen molar-refractivity contribution in [1.82, 2.24) is 9.97 Å². The monoisotopic (exact) mass is 220 g/mol. The lowest BCUT2D eigenvalue weighted by molar-refractivity contribution is 0.0991. The second-order valence-electron chi connectivity index (χ2n) is 3.14. The topological polar surface area (TPSA) is 45.8 Å². The summed E-state index contributed by atoms with van der Waals surface area (Å²) in [6.07, 6.45) is 1.81. The molecule has 0 aliphatic carbocycles. The van der Waals surface area contributed by atoms with E-state index in [0.717, 1.165) is 0 Å². The number of hydrogen-bond donors (Lipinski definition) is 1. The number of hydrogen-bond acceptors (Lipinski definition) is 2. The van der Waals surface area contributed by atoms with Gasteiger partial charge in [0.1, 0.15) is 11.0 Å². The summed E-state index contributed by atoms with van der Waals surface area (Å²) in [5.41, 5.74) is 0.685. The first kappa shape index (κ1) is 9.93. The molecular weight excluding hydrogens is 212 g/mol. The minimum atomic E-state index is 0.0293. The van der Waals surface area contributed by atoms with Crippen LogP contribution in [0.3, 0.4) is 0 Å². The Balaban J connectivity index is 2.11. The van der Waals surface area contributed by atoms with Crippen molar-refractivity contribution in [2.45, 2.75) is 6.42 Å². The van der Waals surface area contributed by atoms with Gasteiger partial charge in [-0.2, -0.15) is 0 Å². The van der Waals surface area contributed by atoms with Gasteiger partial charge in [-0.3, -0.25) is 4.79 Å². The predicted molar refractivity (Wildman–Crippen MR) is 58.1 cm³/mol. The van der Waals surface area contributed by atoms with Crippen LogP contribution in [0.15, 0.2) is 36.5 Å². The quantitative estimate of drug-likeness (QED) is 0.808. The van der Waals surface area contributed by atoms with Gasteiger partial charge in [-0.15, -0.1) is 0 Å². The van der Waals surface area contributed by atoms with E-state index in [-0.39, 0.29) is 12.2 Å². The number of Topliss-reactive ketones (excluding diaryl/α,β-unsaturated/α-hetero) is 1. The Hall–Kier alpha value is -1.61. The highest BCUT2D eigenvalue weighted by Crippen LogP contribution is 2.07. The molecule has 2 rings (SSSR count). The highest BCUT2D eigenvalue weighted by molar-refractivity contribution is 6.29. The van der Waals surface area contributed by atoms with E-state index in [0.29, 0.717) is 16.5 Å². The Labute approximate surface area is 92.1 Å². The zero-order valence-electron chi connectivity index (χ0n) is 7.90. The van der Waals surface area contributed by atoms with E-state index < -0.39 is 0 Å². The van der Waals surface area contributed by atoms with Crippen molar-refractivity contribution in [3.8, 4) is 0 Å². The molecule has 0 spiro atoms. The maximum atomic E-state index is 11.7. The van der Waals surface area contributed by atoms with E-state index in [9.17, 15) is 4.79 Å². The van der Waals surface area contributed by atoms with Gasteiger partial charge in [0.2, 0.25) is 0 Å². The average molecular weight is 221 g/mol. The summed E-state index contributed by atoms with van der Waals surface area (Å²) in [5, 5.41) is 0.380. The molecule has 15 heavy (non-hydrogen) atoms. The Kier molecular flexibility index (Phi) is 2.83. The summed E-state index contributed by atoms with van der Waals surface area (Å²) >= 11 is 5.64. The third-order valence-electron chi connectivity index (χ3n) is 2.02. The van der Waals surface area contributed by atoms with Gasteiger partial charge in [0, 0.05) is 11.8 Å². The van der Waals surface area contributed by atoms with Crippen LogP contribution in [-0.4, -0.2) is 15.8 Å². The molecule has 2 aromatic rings. The number of aromatic amines is 1. The van der Waals surface area contributed by atoms with Crippen LogP contribution in [-0.2, 0) is 6.42 Å². The van der Waals surface area contributed by atoms with Gasteiger partial charge in [0.15, 0.2) is 5.78 Å². The van der Waals surface area contributed by atoms with Crippen LogP contribution in [0.5, 0.6) is 0 Å². The first-order chi connectivity index (χ1) is 7.25. The minimum Gasteiger partial charge on any atom is -0.347 e. The van der Waals surface area contributed by atoms with Crippen LogP contribution in [0.4, 0.5) is 0 Å². The van der Waals surface area contributed by atoms with Gasteiger partial charge in [0.05, 0.1) is 6.42 Å². The Morgan fingerprint density at radius 2 is 2.07 bits per heavy atom. The minimum absolute atomic E-state index is 0.0293. The summed E-state index contributed by atoms with van der Waals surface area (Å²) in [7, 11) is 0. The van der Waals surface area contributed by atoms with Crippen molar-refractivity contribution < 1.29 is 4.79 Å². The lowest BCUT2D eigenvalue weighted by atomic mass is 10.1. The largest absolute Gasteiger partial charge is 0.347 e.